The number of carbonyl (C=O) groups excluding carboxylic acids is 1. The van der Waals surface area contributed by atoms with Crippen LogP contribution in [0.15, 0.2) is 47.2 Å². The Morgan fingerprint density at radius 1 is 1.31 bits per heavy atom. The van der Waals surface area contributed by atoms with E-state index in [0.29, 0.717) is 27.8 Å². The second-order valence-electron chi connectivity index (χ2n) is 5.44. The normalized spacial score (nSPS) is 11.0. The van der Waals surface area contributed by atoms with Gasteiger partial charge >= 0.3 is 5.97 Å². The highest BCUT2D eigenvalue weighted by atomic mass is 35.5. The van der Waals surface area contributed by atoms with E-state index in [9.17, 15) is 4.79 Å². The van der Waals surface area contributed by atoms with Gasteiger partial charge in [0.25, 0.3) is 5.89 Å². The van der Waals surface area contributed by atoms with Crippen LogP contribution >= 0.6 is 11.6 Å². The Balaban J connectivity index is 1.50. The smallest absolute Gasteiger partial charge is 0.344 e. The Kier molecular flexibility index (Phi) is 4.10. The molecule has 130 valence electrons. The lowest BCUT2D eigenvalue weighted by Crippen LogP contribution is -2.07. The zero-order valence-corrected chi connectivity index (χ0v) is 14.3. The number of benzene rings is 1. The van der Waals surface area contributed by atoms with Crippen LogP contribution in [-0.4, -0.2) is 30.7 Å². The lowest BCUT2D eigenvalue weighted by Gasteiger charge is -2.00. The van der Waals surface area contributed by atoms with Crippen molar-refractivity contribution in [1.29, 1.82) is 0 Å². The van der Waals surface area contributed by atoms with Gasteiger partial charge in [-0.2, -0.15) is 10.1 Å². The van der Waals surface area contributed by atoms with Gasteiger partial charge in [0, 0.05) is 23.0 Å². The Morgan fingerprint density at radius 3 is 2.92 bits per heavy atom. The Morgan fingerprint density at radius 2 is 2.12 bits per heavy atom. The van der Waals surface area contributed by atoms with Crippen LogP contribution in [0.25, 0.3) is 17.0 Å². The molecule has 0 fully saturated rings. The van der Waals surface area contributed by atoms with E-state index in [1.54, 1.807) is 49.6 Å². The first-order valence-electron chi connectivity index (χ1n) is 7.67. The summed E-state index contributed by atoms with van der Waals surface area (Å²) in [4.78, 5) is 20.8. The number of ether oxygens (including phenoxy) is 1. The van der Waals surface area contributed by atoms with Gasteiger partial charge in [0.2, 0.25) is 5.82 Å². The van der Waals surface area contributed by atoms with Crippen molar-refractivity contribution in [3.05, 3.63) is 64.9 Å². The summed E-state index contributed by atoms with van der Waals surface area (Å²) in [7, 11) is 0. The van der Waals surface area contributed by atoms with E-state index >= 15 is 0 Å². The average molecular weight is 370 g/mol. The number of esters is 1. The number of hydrogen-bond acceptors (Lipinski definition) is 7. The molecule has 0 aliphatic heterocycles. The fourth-order valence-electron chi connectivity index (χ4n) is 2.46. The van der Waals surface area contributed by atoms with E-state index in [1.807, 2.05) is 0 Å². The third-order valence-corrected chi connectivity index (χ3v) is 3.92. The SMILES string of the molecule is Cc1nn2cccnc2c1C(=O)OCc1nc(-c2ccc(Cl)cc2)no1. The minimum atomic E-state index is -0.553. The maximum atomic E-state index is 12.4. The monoisotopic (exact) mass is 369 g/mol. The molecule has 3 aromatic heterocycles. The standard InChI is InChI=1S/C17H12ClN5O3/c1-10-14(16-19-7-2-8-23(16)21-10)17(24)25-9-13-20-15(22-26-13)11-3-5-12(18)6-4-11/h2-8H,9H2,1H3. The number of aromatic nitrogens is 5. The van der Waals surface area contributed by atoms with Gasteiger partial charge < -0.3 is 9.26 Å². The van der Waals surface area contributed by atoms with E-state index in [0.717, 1.165) is 5.56 Å². The molecular weight excluding hydrogens is 358 g/mol. The van der Waals surface area contributed by atoms with Gasteiger partial charge in [-0.25, -0.2) is 14.3 Å². The average Bonchev–Trinajstić information content (AvgIpc) is 3.24. The second-order valence-corrected chi connectivity index (χ2v) is 5.88. The minimum Gasteiger partial charge on any atom is -0.452 e. The van der Waals surface area contributed by atoms with E-state index in [4.69, 9.17) is 20.9 Å². The largest absolute Gasteiger partial charge is 0.452 e. The van der Waals surface area contributed by atoms with E-state index in [-0.39, 0.29) is 12.5 Å². The number of fused-ring (bicyclic) bond motifs is 1. The molecule has 0 spiro atoms. The molecule has 0 saturated carbocycles. The number of aryl methyl sites for hydroxylation is 1. The molecule has 26 heavy (non-hydrogen) atoms. The molecule has 0 aliphatic rings. The van der Waals surface area contributed by atoms with Crippen molar-refractivity contribution in [2.24, 2.45) is 0 Å². The van der Waals surface area contributed by atoms with Crippen LogP contribution in [-0.2, 0) is 11.3 Å². The summed E-state index contributed by atoms with van der Waals surface area (Å²) in [6.45, 7) is 1.57. The van der Waals surface area contributed by atoms with Gasteiger partial charge in [-0.15, -0.1) is 0 Å². The van der Waals surface area contributed by atoms with Crippen LogP contribution in [0, 0.1) is 6.92 Å². The zero-order chi connectivity index (χ0) is 18.1. The summed E-state index contributed by atoms with van der Waals surface area (Å²) in [5.41, 5.74) is 2.02. The van der Waals surface area contributed by atoms with Gasteiger partial charge in [0.05, 0.1) is 5.69 Å². The maximum absolute atomic E-state index is 12.4. The number of rotatable bonds is 4. The van der Waals surface area contributed by atoms with Gasteiger partial charge in [0.15, 0.2) is 12.3 Å². The fraction of sp³-hybridized carbons (Fsp3) is 0.118. The molecule has 9 heteroatoms. The molecule has 0 radical (unpaired) electrons. The third-order valence-electron chi connectivity index (χ3n) is 3.67. The van der Waals surface area contributed by atoms with Gasteiger partial charge in [-0.1, -0.05) is 16.8 Å². The highest BCUT2D eigenvalue weighted by Gasteiger charge is 2.20. The highest BCUT2D eigenvalue weighted by molar-refractivity contribution is 6.30. The second kappa shape index (κ2) is 6.57. The Hall–Kier alpha value is -3.26. The van der Waals surface area contributed by atoms with Crippen molar-refractivity contribution < 1.29 is 14.1 Å². The lowest BCUT2D eigenvalue weighted by molar-refractivity contribution is 0.0431. The van der Waals surface area contributed by atoms with Crippen LogP contribution < -0.4 is 0 Å². The van der Waals surface area contributed by atoms with Crippen LogP contribution in [0.5, 0.6) is 0 Å². The molecule has 0 atom stereocenters. The zero-order valence-electron chi connectivity index (χ0n) is 13.6. The molecular formula is C17H12ClN5O3. The van der Waals surface area contributed by atoms with Crippen molar-refractivity contribution in [2.45, 2.75) is 13.5 Å². The summed E-state index contributed by atoms with van der Waals surface area (Å²) in [5, 5.41) is 8.72. The molecule has 0 aliphatic carbocycles. The third kappa shape index (κ3) is 3.02. The topological polar surface area (TPSA) is 95.4 Å². The quantitative estimate of drug-likeness (QED) is 0.510. The molecule has 0 N–H and O–H groups in total. The molecule has 4 rings (SSSR count). The molecule has 8 nitrogen and oxygen atoms in total. The van der Waals surface area contributed by atoms with Gasteiger partial charge in [0.1, 0.15) is 5.56 Å². The van der Waals surface area contributed by atoms with E-state index in [2.05, 4.69) is 20.2 Å². The van der Waals surface area contributed by atoms with E-state index in [1.165, 1.54) is 4.52 Å². The minimum absolute atomic E-state index is 0.150. The first kappa shape index (κ1) is 16.2. The molecule has 0 saturated heterocycles. The van der Waals surface area contributed by atoms with E-state index < -0.39 is 5.97 Å². The first-order valence-corrected chi connectivity index (χ1v) is 8.05. The highest BCUT2D eigenvalue weighted by Crippen LogP contribution is 2.19. The number of halogens is 1. The molecule has 0 unspecified atom stereocenters. The summed E-state index contributed by atoms with van der Waals surface area (Å²) >= 11 is 5.86. The first-order chi connectivity index (χ1) is 12.6. The van der Waals surface area contributed by atoms with Gasteiger partial charge in [-0.05, 0) is 37.3 Å². The fourth-order valence-corrected chi connectivity index (χ4v) is 2.59. The van der Waals surface area contributed by atoms with Crippen LogP contribution in [0.3, 0.4) is 0 Å². The van der Waals surface area contributed by atoms with Gasteiger partial charge in [-0.3, -0.25) is 0 Å². The molecule has 1 aromatic carbocycles. The Bertz CT molecular complexity index is 1090. The summed E-state index contributed by atoms with van der Waals surface area (Å²) in [6.07, 6.45) is 3.30. The van der Waals surface area contributed by atoms with Crippen molar-refractivity contribution in [3.8, 4) is 11.4 Å². The molecule has 3 heterocycles. The number of hydrogen-bond donors (Lipinski definition) is 0. The maximum Gasteiger partial charge on any atom is 0.344 e. The summed E-state index contributed by atoms with van der Waals surface area (Å²) in [5.74, 6) is 0.0226. The van der Waals surface area contributed by atoms with Crippen molar-refractivity contribution in [1.82, 2.24) is 24.7 Å². The molecule has 0 amide bonds. The van der Waals surface area contributed by atoms with Crippen molar-refractivity contribution in [3.63, 3.8) is 0 Å². The summed E-state index contributed by atoms with van der Waals surface area (Å²) < 4.78 is 11.9. The molecule has 0 bridgehead atoms. The Labute approximate surface area is 152 Å². The lowest BCUT2D eigenvalue weighted by atomic mass is 10.2. The van der Waals surface area contributed by atoms with Crippen molar-refractivity contribution >= 4 is 23.2 Å². The summed E-state index contributed by atoms with van der Waals surface area (Å²) in [6, 6.07) is 8.74. The number of carbonyl (C=O) groups is 1. The van der Waals surface area contributed by atoms with Crippen LogP contribution in [0.2, 0.25) is 5.02 Å². The molecule has 4 aromatic rings. The predicted octanol–water partition coefficient (Wildman–Crippen LogP) is 3.10. The predicted molar refractivity (Wildman–Crippen MR) is 91.6 cm³/mol. The number of nitrogens with zero attached hydrogens (tertiary/aromatic N) is 5. The van der Waals surface area contributed by atoms with Crippen LogP contribution in [0.1, 0.15) is 21.9 Å². The van der Waals surface area contributed by atoms with Crippen LogP contribution in [0.4, 0.5) is 0 Å². The van der Waals surface area contributed by atoms with Crippen molar-refractivity contribution in [2.75, 3.05) is 0 Å².